The predicted octanol–water partition coefficient (Wildman–Crippen LogP) is 0.525. The average Bonchev–Trinajstić information content (AvgIpc) is 3.74. The molecule has 3 atom stereocenters. The van der Waals surface area contributed by atoms with E-state index >= 15 is 0 Å². The number of hydrazine groups is 1. The van der Waals surface area contributed by atoms with Crippen molar-refractivity contribution in [1.82, 2.24) is 19.8 Å². The van der Waals surface area contributed by atoms with E-state index in [1.54, 1.807) is 20.8 Å². The van der Waals surface area contributed by atoms with Crippen LogP contribution < -0.4 is 11.6 Å². The van der Waals surface area contributed by atoms with Gasteiger partial charge < -0.3 is 24.9 Å². The summed E-state index contributed by atoms with van der Waals surface area (Å²) in [7, 11) is 5.22. The van der Waals surface area contributed by atoms with Crippen LogP contribution in [0, 0.1) is 5.92 Å². The summed E-state index contributed by atoms with van der Waals surface area (Å²) in [4.78, 5) is 76.7. The minimum absolute atomic E-state index is 0.120. The molecular formula is C25H32BN7O8S2. The second kappa shape index (κ2) is 11.3. The van der Waals surface area contributed by atoms with Crippen molar-refractivity contribution in [2.45, 2.75) is 74.3 Å². The number of ether oxygens (including phenoxy) is 1. The van der Waals surface area contributed by atoms with E-state index in [1.165, 1.54) is 15.2 Å². The number of ketones is 1. The third-order valence-electron chi connectivity index (χ3n) is 7.78. The molecule has 3 aliphatic heterocycles. The van der Waals surface area contributed by atoms with Gasteiger partial charge >= 0.3 is 26.0 Å². The summed E-state index contributed by atoms with van der Waals surface area (Å²) in [5.41, 5.74) is 3.64. The topological polar surface area (TPSA) is 200 Å². The van der Waals surface area contributed by atoms with Gasteiger partial charge in [-0.3, -0.25) is 24.3 Å². The molecule has 4 aliphatic rings. The standard InChI is InChI=1S/C25H32BN7O8S2/c1-23(2,3)39-19(36)24(6-4-5-7-24)41-30-16(14-11-42-21(27)29-14)15(34)10-13-17(35)31-12-25(20(37)40-26,43-18(13)31)32-8-9-33(28)22(32)38/h11,13,18H,4-10,12,28H2,1-3H3,(H2,27,29)/b30-16-/t13?,18-,25-/m1/s1. The number of thiazole rings is 1. The number of nitrogens with two attached hydrogens (primary N) is 2. The number of thioether (sulfide) groups is 1. The van der Waals surface area contributed by atoms with Gasteiger partial charge in [-0.15, -0.1) is 11.3 Å². The Hall–Kier alpha value is -3.38. The number of hydrogen-bond acceptors (Lipinski definition) is 14. The summed E-state index contributed by atoms with van der Waals surface area (Å²) in [6.45, 7) is 5.36. The Bertz CT molecular complexity index is 1380. The minimum atomic E-state index is -1.62. The molecule has 1 aromatic heterocycles. The number of oxime groups is 1. The fourth-order valence-electron chi connectivity index (χ4n) is 5.63. The number of urea groups is 1. The first-order chi connectivity index (χ1) is 20.2. The fourth-order valence-corrected chi connectivity index (χ4v) is 7.92. The normalized spacial score (nSPS) is 26.8. The van der Waals surface area contributed by atoms with E-state index in [4.69, 9.17) is 29.2 Å². The molecule has 1 unspecified atom stereocenters. The Balaban J connectivity index is 1.38. The Morgan fingerprint density at radius 3 is 2.44 bits per heavy atom. The van der Waals surface area contributed by atoms with Crippen molar-refractivity contribution in [3.63, 3.8) is 0 Å². The molecule has 43 heavy (non-hydrogen) atoms. The first-order valence-corrected chi connectivity index (χ1v) is 15.4. The summed E-state index contributed by atoms with van der Waals surface area (Å²) in [6, 6.07) is -0.612. The van der Waals surface area contributed by atoms with E-state index in [0.717, 1.165) is 28.1 Å². The van der Waals surface area contributed by atoms with Crippen LogP contribution in [0.1, 0.15) is 58.6 Å². The molecule has 0 aromatic carbocycles. The Morgan fingerprint density at radius 2 is 1.88 bits per heavy atom. The van der Waals surface area contributed by atoms with Gasteiger partial charge in [0.15, 0.2) is 16.6 Å². The van der Waals surface area contributed by atoms with Crippen molar-refractivity contribution < 1.29 is 38.2 Å². The number of carbonyl (C=O) groups is 5. The molecule has 18 heteroatoms. The largest absolute Gasteiger partial charge is 0.541 e. The van der Waals surface area contributed by atoms with E-state index in [0.29, 0.717) is 25.7 Å². The quantitative estimate of drug-likeness (QED) is 0.0728. The zero-order valence-corrected chi connectivity index (χ0v) is 25.6. The highest BCUT2D eigenvalue weighted by atomic mass is 32.2. The van der Waals surface area contributed by atoms with Crippen LogP contribution in [0.3, 0.4) is 0 Å². The number of nitrogen functional groups attached to an aromatic ring is 1. The number of nitrogens with zero attached hydrogens (tertiary/aromatic N) is 5. The number of aromatic nitrogens is 1. The van der Waals surface area contributed by atoms with E-state index in [9.17, 15) is 24.0 Å². The lowest BCUT2D eigenvalue weighted by molar-refractivity contribution is -0.183. The molecule has 15 nitrogen and oxygen atoms in total. The third-order valence-corrected chi connectivity index (χ3v) is 10.2. The van der Waals surface area contributed by atoms with Gasteiger partial charge in [0.2, 0.25) is 16.4 Å². The summed E-state index contributed by atoms with van der Waals surface area (Å²) in [6.07, 6.45) is 1.82. The Labute approximate surface area is 257 Å². The molecule has 230 valence electrons. The molecule has 4 fully saturated rings. The minimum Gasteiger partial charge on any atom is -0.541 e. The van der Waals surface area contributed by atoms with Gasteiger partial charge in [-0.1, -0.05) is 16.9 Å². The van der Waals surface area contributed by atoms with Crippen LogP contribution in [0.4, 0.5) is 9.93 Å². The SMILES string of the molecule is [B]OC(=O)[C@@]1(N2CCN(N)C2=O)CN2C(=O)C(CC(=O)/C(=N\OC3(C(=O)OC(C)(C)C)CCCC3)c3csc(N)n3)[C@H]2S1. The number of esters is 1. The highest BCUT2D eigenvalue weighted by Crippen LogP contribution is 2.53. The number of β-lactam (4-membered cyclic amide) rings is 1. The zero-order chi connectivity index (χ0) is 31.3. The number of rotatable bonds is 9. The van der Waals surface area contributed by atoms with Gasteiger partial charge in [0, 0.05) is 31.2 Å². The molecule has 0 spiro atoms. The van der Waals surface area contributed by atoms with Crippen LogP contribution >= 0.6 is 23.1 Å². The van der Waals surface area contributed by atoms with E-state index < -0.39 is 57.0 Å². The average molecular weight is 634 g/mol. The molecule has 1 saturated carbocycles. The van der Waals surface area contributed by atoms with Gasteiger partial charge in [0.1, 0.15) is 11.3 Å². The van der Waals surface area contributed by atoms with Crippen LogP contribution in [0.25, 0.3) is 0 Å². The maximum absolute atomic E-state index is 13.7. The second-order valence-electron chi connectivity index (χ2n) is 11.8. The van der Waals surface area contributed by atoms with E-state index in [-0.39, 0.29) is 42.6 Å². The number of hydrogen-bond donors (Lipinski definition) is 2. The second-order valence-corrected chi connectivity index (χ2v) is 14.1. The van der Waals surface area contributed by atoms with Crippen molar-refractivity contribution in [1.29, 1.82) is 0 Å². The summed E-state index contributed by atoms with van der Waals surface area (Å²) in [5, 5.41) is 6.18. The van der Waals surface area contributed by atoms with Crippen molar-refractivity contribution in [2.75, 3.05) is 25.4 Å². The van der Waals surface area contributed by atoms with Gasteiger partial charge in [-0.25, -0.2) is 20.4 Å². The number of anilines is 1. The lowest BCUT2D eigenvalue weighted by Gasteiger charge is -2.40. The van der Waals surface area contributed by atoms with Crippen molar-refractivity contribution in [3.8, 4) is 0 Å². The lowest BCUT2D eigenvalue weighted by Crippen LogP contribution is -2.60. The molecule has 2 radical (unpaired) electrons. The summed E-state index contributed by atoms with van der Waals surface area (Å²) < 4.78 is 10.1. The highest BCUT2D eigenvalue weighted by molar-refractivity contribution is 8.02. The Kier molecular flexibility index (Phi) is 8.15. The molecule has 3 saturated heterocycles. The van der Waals surface area contributed by atoms with Crippen LogP contribution in [0.2, 0.25) is 0 Å². The molecule has 4 heterocycles. The lowest BCUT2D eigenvalue weighted by atomic mass is 9.90. The first kappa shape index (κ1) is 31.1. The zero-order valence-electron chi connectivity index (χ0n) is 23.9. The predicted molar refractivity (Wildman–Crippen MR) is 155 cm³/mol. The van der Waals surface area contributed by atoms with Crippen LogP contribution in [0.15, 0.2) is 10.5 Å². The third kappa shape index (κ3) is 5.55. The van der Waals surface area contributed by atoms with Crippen LogP contribution in [-0.4, -0.2) is 104 Å². The molecule has 3 amide bonds. The molecule has 0 bridgehead atoms. The van der Waals surface area contributed by atoms with E-state index in [1.807, 2.05) is 0 Å². The van der Waals surface area contributed by atoms with Crippen LogP contribution in [0.5, 0.6) is 0 Å². The number of carbonyl (C=O) groups excluding carboxylic acids is 5. The van der Waals surface area contributed by atoms with Gasteiger partial charge in [-0.2, -0.15) is 0 Å². The van der Waals surface area contributed by atoms with Crippen LogP contribution in [-0.2, 0) is 33.4 Å². The number of amides is 3. The van der Waals surface area contributed by atoms with Gasteiger partial charge in [0.05, 0.1) is 24.4 Å². The first-order valence-electron chi connectivity index (χ1n) is 13.7. The molecular weight excluding hydrogens is 601 g/mol. The summed E-state index contributed by atoms with van der Waals surface area (Å²) >= 11 is 2.10. The maximum atomic E-state index is 13.7. The van der Waals surface area contributed by atoms with E-state index in [2.05, 4.69) is 14.8 Å². The van der Waals surface area contributed by atoms with Crippen molar-refractivity contribution >= 4 is 71.7 Å². The summed E-state index contributed by atoms with van der Waals surface area (Å²) in [5.74, 6) is 2.40. The Morgan fingerprint density at radius 1 is 1.19 bits per heavy atom. The van der Waals surface area contributed by atoms with Crippen molar-refractivity contribution in [3.05, 3.63) is 11.1 Å². The smallest absolute Gasteiger partial charge is 0.378 e. The maximum Gasteiger partial charge on any atom is 0.378 e. The van der Waals surface area contributed by atoms with Crippen molar-refractivity contribution in [2.24, 2.45) is 16.9 Å². The molecule has 4 N–H and O–H groups in total. The highest BCUT2D eigenvalue weighted by Gasteiger charge is 2.66. The monoisotopic (exact) mass is 633 g/mol. The van der Waals surface area contributed by atoms with Gasteiger partial charge in [0.25, 0.3) is 0 Å². The van der Waals surface area contributed by atoms with Gasteiger partial charge in [-0.05, 0) is 33.6 Å². The molecule has 1 aliphatic carbocycles. The molecule has 1 aromatic rings. The number of Topliss-reactive ketones (excluding diaryl/α,β-unsaturated/α-hetero) is 1. The fraction of sp³-hybridized carbons (Fsp3) is 0.640. The molecule has 5 rings (SSSR count). The number of fused-ring (bicyclic) bond motifs is 1.